The number of piperidine rings is 1. The number of anilines is 3. The van der Waals surface area contributed by atoms with E-state index in [0.29, 0.717) is 70.7 Å². The number of nitrogens with zero attached hydrogens (tertiary/aromatic N) is 10. The third-order valence-electron chi connectivity index (χ3n) is 12.0. The summed E-state index contributed by atoms with van der Waals surface area (Å²) >= 11 is 0. The molecule has 16 heteroatoms. The van der Waals surface area contributed by atoms with E-state index in [-0.39, 0.29) is 36.3 Å². The normalized spacial score (nSPS) is 23.6. The van der Waals surface area contributed by atoms with Gasteiger partial charge in [0.25, 0.3) is 0 Å². The van der Waals surface area contributed by atoms with Crippen LogP contribution in [0.4, 0.5) is 30.8 Å². The van der Waals surface area contributed by atoms with Crippen LogP contribution in [0.25, 0.3) is 39.0 Å². The third-order valence-corrected chi connectivity index (χ3v) is 12.0. The van der Waals surface area contributed by atoms with Gasteiger partial charge in [0, 0.05) is 63.1 Å². The van der Waals surface area contributed by atoms with Crippen LogP contribution in [0.5, 0.6) is 0 Å². The van der Waals surface area contributed by atoms with Gasteiger partial charge >= 0.3 is 0 Å². The van der Waals surface area contributed by atoms with Gasteiger partial charge in [0.15, 0.2) is 11.5 Å². The maximum absolute atomic E-state index is 15.3. The van der Waals surface area contributed by atoms with Crippen molar-refractivity contribution in [2.45, 2.75) is 75.8 Å². The first-order valence-electron chi connectivity index (χ1n) is 19.1. The first-order valence-corrected chi connectivity index (χ1v) is 19.1. The lowest BCUT2D eigenvalue weighted by Gasteiger charge is -2.53. The number of carbonyl (C=O) groups excluding carboxylic acids is 1. The number of amides is 1. The Morgan fingerprint density at radius 3 is 2.54 bits per heavy atom. The first kappa shape index (κ1) is 34.7. The molecule has 5 atom stereocenters. The van der Waals surface area contributed by atoms with Crippen molar-refractivity contribution in [2.75, 3.05) is 42.4 Å². The fourth-order valence-corrected chi connectivity index (χ4v) is 9.29. The number of nitrogens with one attached hydrogen (secondary N) is 1. The van der Waals surface area contributed by atoms with Crippen molar-refractivity contribution < 1.29 is 22.7 Å². The van der Waals surface area contributed by atoms with Crippen LogP contribution in [0.15, 0.2) is 54.7 Å². The van der Waals surface area contributed by atoms with Crippen molar-refractivity contribution in [3.8, 4) is 16.9 Å². The third kappa shape index (κ3) is 5.63. The summed E-state index contributed by atoms with van der Waals surface area (Å²) in [7, 11) is 3.39. The average molecular weight is 764 g/mol. The summed E-state index contributed by atoms with van der Waals surface area (Å²) in [6, 6.07) is 11.5. The van der Waals surface area contributed by atoms with Gasteiger partial charge in [0.05, 0.1) is 41.0 Å². The number of benzene rings is 2. The molecule has 13 nitrogen and oxygen atoms in total. The van der Waals surface area contributed by atoms with Crippen LogP contribution in [-0.2, 0) is 16.1 Å². The number of aryl methyl sites for hydroxylation is 1. The van der Waals surface area contributed by atoms with Gasteiger partial charge in [0.1, 0.15) is 40.8 Å². The molecule has 0 radical (unpaired) electrons. The van der Waals surface area contributed by atoms with Gasteiger partial charge in [0.2, 0.25) is 11.9 Å². The second-order valence-corrected chi connectivity index (χ2v) is 15.4. The Balaban J connectivity index is 1.10. The highest BCUT2D eigenvalue weighted by Crippen LogP contribution is 2.43. The van der Waals surface area contributed by atoms with Crippen molar-refractivity contribution in [3.63, 3.8) is 0 Å². The molecule has 288 valence electrons. The zero-order valence-electron chi connectivity index (χ0n) is 31.2. The van der Waals surface area contributed by atoms with Crippen LogP contribution in [0.3, 0.4) is 0 Å². The molecule has 1 N–H and O–H groups in total. The second-order valence-electron chi connectivity index (χ2n) is 15.4. The van der Waals surface area contributed by atoms with E-state index in [1.807, 2.05) is 34.6 Å². The van der Waals surface area contributed by atoms with Crippen molar-refractivity contribution in [1.82, 2.24) is 39.2 Å². The number of aromatic nitrogens is 7. The predicted octanol–water partition coefficient (Wildman–Crippen LogP) is 5.63. The number of ether oxygens (including phenoxy) is 1. The molecule has 1 amide bonds. The Hall–Kier alpha value is -5.77. The van der Waals surface area contributed by atoms with E-state index in [4.69, 9.17) is 19.7 Å². The van der Waals surface area contributed by atoms with Gasteiger partial charge < -0.3 is 29.3 Å². The number of likely N-dealkylation sites (N-methyl/N-ethyl adjacent to an activating group) is 1. The Labute approximate surface area is 320 Å². The van der Waals surface area contributed by atoms with Crippen molar-refractivity contribution in [2.24, 2.45) is 0 Å². The number of carbonyl (C=O) groups is 1. The largest absolute Gasteiger partial charge is 0.378 e. The second kappa shape index (κ2) is 13.2. The van der Waals surface area contributed by atoms with Crippen LogP contribution in [-0.4, -0.2) is 103 Å². The smallest absolute Gasteiger partial charge is 0.245 e. The molecule has 3 fully saturated rings. The number of rotatable bonds is 4. The number of pyridine rings is 1. The molecular weight excluding hydrogens is 724 g/mol. The summed E-state index contributed by atoms with van der Waals surface area (Å²) in [5, 5.41) is 8.67. The number of halogens is 3. The minimum absolute atomic E-state index is 0.0546. The van der Waals surface area contributed by atoms with Gasteiger partial charge in [-0.25, -0.2) is 27.8 Å². The molecule has 56 heavy (non-hydrogen) atoms. The fraction of sp³-hybridized carbons (Fsp3) is 0.400. The lowest BCUT2D eigenvalue weighted by molar-refractivity contribution is -0.132. The van der Waals surface area contributed by atoms with E-state index in [1.165, 1.54) is 28.9 Å². The maximum Gasteiger partial charge on any atom is 0.245 e. The minimum atomic E-state index is -0.773. The highest BCUT2D eigenvalue weighted by atomic mass is 19.1. The highest BCUT2D eigenvalue weighted by Gasteiger charge is 2.45. The minimum Gasteiger partial charge on any atom is -0.378 e. The number of hydrogen-bond acceptors (Lipinski definition) is 10. The summed E-state index contributed by atoms with van der Waals surface area (Å²) in [5.41, 5.74) is 2.85. The van der Waals surface area contributed by atoms with E-state index in [2.05, 4.69) is 20.3 Å². The summed E-state index contributed by atoms with van der Waals surface area (Å²) in [6.07, 6.45) is 5.80. The SMILES string of the molecule is CO[C@H]1CN(C)C(=O)[C@@H]2C[C@@H](CN2c2nc(N3[C@@H]4CCC[C@H]3C4)nc3c2cnn3-c2ccc(F)cc2F)Nc2cccc(n2)-c2cc(F)cc3nc(C)n(c23)C1. The molecule has 6 aromatic rings. The van der Waals surface area contributed by atoms with Crippen molar-refractivity contribution >= 4 is 45.6 Å². The number of imidazole rings is 1. The van der Waals surface area contributed by atoms with Crippen LogP contribution >= 0.6 is 0 Å². The number of hydrogen-bond donors (Lipinski definition) is 1. The van der Waals surface area contributed by atoms with Crippen LogP contribution in [0.2, 0.25) is 0 Å². The van der Waals surface area contributed by atoms with Gasteiger partial charge in [-0.05, 0) is 69.4 Å². The van der Waals surface area contributed by atoms with Crippen molar-refractivity contribution in [3.05, 3.63) is 78.0 Å². The molecule has 0 aliphatic carbocycles. The zero-order chi connectivity index (χ0) is 38.4. The van der Waals surface area contributed by atoms with Crippen LogP contribution in [0.1, 0.15) is 37.9 Å². The van der Waals surface area contributed by atoms with E-state index in [1.54, 1.807) is 25.3 Å². The molecule has 0 unspecified atom stereocenters. The van der Waals surface area contributed by atoms with Gasteiger partial charge in [-0.3, -0.25) is 4.79 Å². The maximum atomic E-state index is 15.3. The lowest BCUT2D eigenvalue weighted by Crippen LogP contribution is -2.59. The molecule has 0 spiro atoms. The Kier molecular flexibility index (Phi) is 8.16. The molecule has 6 bridgehead atoms. The molecule has 4 aromatic heterocycles. The van der Waals surface area contributed by atoms with E-state index < -0.39 is 29.6 Å². The number of fused-ring (bicyclic) bond motifs is 8. The van der Waals surface area contributed by atoms with Gasteiger partial charge in [-0.15, -0.1) is 0 Å². The zero-order valence-corrected chi connectivity index (χ0v) is 31.2. The monoisotopic (exact) mass is 763 g/mol. The molecule has 2 aromatic carbocycles. The predicted molar refractivity (Wildman–Crippen MR) is 204 cm³/mol. The molecule has 8 heterocycles. The lowest BCUT2D eigenvalue weighted by atomic mass is 9.80. The fourth-order valence-electron chi connectivity index (χ4n) is 9.29. The Morgan fingerprint density at radius 1 is 0.911 bits per heavy atom. The summed E-state index contributed by atoms with van der Waals surface area (Å²) in [6.45, 7) is 2.87. The summed E-state index contributed by atoms with van der Waals surface area (Å²) in [5.74, 6) is 0.243. The molecular formula is C40H40F3N11O2. The highest BCUT2D eigenvalue weighted by molar-refractivity contribution is 5.94. The summed E-state index contributed by atoms with van der Waals surface area (Å²) < 4.78 is 53.8. The van der Waals surface area contributed by atoms with Crippen LogP contribution in [0, 0.1) is 24.4 Å². The standard InChI is InChI=1S/C40H40F3N11O2/c1-21-45-32-14-23(42)12-28-31-8-5-9-35(47-31)46-24-15-34(39(55)50(2)19-27(56-3)20-51(21)36(28)32)52(18-24)37-29-17-44-54(33-11-10-22(41)13-30(33)43)38(29)49-40(48-37)53-25-6-4-7-26(53)16-25/h5,8-14,17,24-27,34H,4,6-7,15-16,18-20H2,1-3H3,(H,46,47)/t24-,25-,26+,27-,34-/m0/s1. The summed E-state index contributed by atoms with van der Waals surface area (Å²) in [4.78, 5) is 40.5. The molecule has 3 saturated heterocycles. The first-order chi connectivity index (χ1) is 27.1. The van der Waals surface area contributed by atoms with E-state index in [9.17, 15) is 9.18 Å². The number of methoxy groups -OCH3 is 1. The molecule has 4 aliphatic rings. The Bertz CT molecular complexity index is 2530. The van der Waals surface area contributed by atoms with E-state index in [0.717, 1.165) is 37.3 Å². The molecule has 10 rings (SSSR count). The quantitative estimate of drug-likeness (QED) is 0.242. The molecule has 4 aliphatic heterocycles. The average Bonchev–Trinajstić information content (AvgIpc) is 3.88. The van der Waals surface area contributed by atoms with Crippen LogP contribution < -0.4 is 15.1 Å². The Morgan fingerprint density at radius 2 is 1.75 bits per heavy atom. The van der Waals surface area contributed by atoms with E-state index >= 15 is 8.78 Å². The van der Waals surface area contributed by atoms with Gasteiger partial charge in [-0.2, -0.15) is 15.1 Å². The topological polar surface area (TPSA) is 122 Å². The molecule has 0 saturated carbocycles. The van der Waals surface area contributed by atoms with Gasteiger partial charge in [-0.1, -0.05) is 6.07 Å². The van der Waals surface area contributed by atoms with Crippen molar-refractivity contribution in [1.29, 1.82) is 0 Å².